The highest BCUT2D eigenvalue weighted by Gasteiger charge is 2.49. The van der Waals surface area contributed by atoms with Crippen molar-refractivity contribution in [3.8, 4) is 0 Å². The van der Waals surface area contributed by atoms with Crippen LogP contribution in [0.1, 0.15) is 11.1 Å². The van der Waals surface area contributed by atoms with Gasteiger partial charge in [-0.05, 0) is 48.7 Å². The first-order valence-electron chi connectivity index (χ1n) is 10.1. The first-order valence-corrected chi connectivity index (χ1v) is 13.8. The second-order valence-electron chi connectivity index (χ2n) is 8.32. The van der Waals surface area contributed by atoms with Crippen molar-refractivity contribution in [3.05, 3.63) is 58.6 Å². The smallest absolute Gasteiger partial charge is 0.241 e. The molecule has 172 valence electrons. The molecule has 2 fully saturated rings. The zero-order valence-corrected chi connectivity index (χ0v) is 19.8. The second-order valence-corrected chi connectivity index (χ2v) is 12.4. The van der Waals surface area contributed by atoms with E-state index in [4.69, 9.17) is 16.7 Å². The van der Waals surface area contributed by atoms with E-state index in [1.165, 1.54) is 12.1 Å². The van der Waals surface area contributed by atoms with Crippen molar-refractivity contribution in [2.45, 2.75) is 30.3 Å². The standard InChI is InChI=1S/C21H24ClN3O5S2/c1-14-2-5-16(10-18(14)22)25-20-13-31(27,28)12-19(20)24(11-21(25)26)9-8-15-3-6-17(7-4-15)32(23,29)30/h2-7,10,19-20H,8-9,11-13H2,1H3,(H2,23,29,30). The molecule has 0 radical (unpaired) electrons. The van der Waals surface area contributed by atoms with Crippen molar-refractivity contribution in [2.75, 3.05) is 29.5 Å². The zero-order chi connectivity index (χ0) is 23.3. The average molecular weight is 498 g/mol. The van der Waals surface area contributed by atoms with Gasteiger partial charge in [-0.15, -0.1) is 0 Å². The quantitative estimate of drug-likeness (QED) is 0.666. The Hall–Kier alpha value is -1.98. The van der Waals surface area contributed by atoms with Crippen LogP contribution in [0.3, 0.4) is 0 Å². The van der Waals surface area contributed by atoms with E-state index < -0.39 is 25.9 Å². The van der Waals surface area contributed by atoms with Gasteiger partial charge < -0.3 is 4.90 Å². The highest BCUT2D eigenvalue weighted by Crippen LogP contribution is 2.33. The maximum atomic E-state index is 13.1. The summed E-state index contributed by atoms with van der Waals surface area (Å²) in [5, 5.41) is 5.66. The highest BCUT2D eigenvalue weighted by molar-refractivity contribution is 7.91. The molecule has 8 nitrogen and oxygen atoms in total. The van der Waals surface area contributed by atoms with Gasteiger partial charge in [0.2, 0.25) is 15.9 Å². The number of sulfone groups is 1. The lowest BCUT2D eigenvalue weighted by atomic mass is 10.0. The molecule has 0 bridgehead atoms. The number of hydrogen-bond donors (Lipinski definition) is 1. The monoisotopic (exact) mass is 497 g/mol. The number of carbonyl (C=O) groups excluding carboxylic acids is 1. The van der Waals surface area contributed by atoms with Gasteiger partial charge in [0.1, 0.15) is 0 Å². The number of fused-ring (bicyclic) bond motifs is 1. The largest absolute Gasteiger partial charge is 0.306 e. The highest BCUT2D eigenvalue weighted by atomic mass is 35.5. The Balaban J connectivity index is 1.55. The minimum atomic E-state index is -3.76. The molecule has 2 atom stereocenters. The number of anilines is 1. The maximum Gasteiger partial charge on any atom is 0.241 e. The van der Waals surface area contributed by atoms with Crippen molar-refractivity contribution >= 4 is 43.1 Å². The fraction of sp³-hybridized carbons (Fsp3) is 0.381. The van der Waals surface area contributed by atoms with Gasteiger partial charge in [-0.2, -0.15) is 0 Å². The molecule has 32 heavy (non-hydrogen) atoms. The number of amides is 1. The van der Waals surface area contributed by atoms with Gasteiger partial charge in [0.15, 0.2) is 9.84 Å². The molecule has 0 spiro atoms. The van der Waals surface area contributed by atoms with Crippen LogP contribution in [0.25, 0.3) is 0 Å². The van der Waals surface area contributed by atoms with Crippen LogP contribution in [0.4, 0.5) is 5.69 Å². The lowest BCUT2D eigenvalue weighted by Crippen LogP contribution is -2.62. The SMILES string of the molecule is Cc1ccc(N2C(=O)CN(CCc3ccc(S(N)(=O)=O)cc3)C3CS(=O)(=O)CC32)cc1Cl. The Kier molecular flexibility index (Phi) is 6.10. The van der Waals surface area contributed by atoms with Gasteiger partial charge >= 0.3 is 0 Å². The maximum absolute atomic E-state index is 13.1. The summed E-state index contributed by atoms with van der Waals surface area (Å²) in [4.78, 5) is 16.6. The van der Waals surface area contributed by atoms with Crippen LogP contribution in [0.5, 0.6) is 0 Å². The molecular weight excluding hydrogens is 474 g/mol. The van der Waals surface area contributed by atoms with Gasteiger partial charge in [0, 0.05) is 23.3 Å². The first-order chi connectivity index (χ1) is 14.9. The molecule has 2 aromatic rings. The third-order valence-corrected chi connectivity index (χ3v) is 9.11. The third-order valence-electron chi connectivity index (χ3n) is 6.07. The van der Waals surface area contributed by atoms with Gasteiger partial charge in [-0.25, -0.2) is 22.0 Å². The predicted octanol–water partition coefficient (Wildman–Crippen LogP) is 1.35. The van der Waals surface area contributed by atoms with E-state index in [-0.39, 0.29) is 34.9 Å². The van der Waals surface area contributed by atoms with Crippen molar-refractivity contribution in [1.29, 1.82) is 0 Å². The van der Waals surface area contributed by atoms with E-state index in [9.17, 15) is 21.6 Å². The fourth-order valence-electron chi connectivity index (χ4n) is 4.39. The van der Waals surface area contributed by atoms with Crippen molar-refractivity contribution in [1.82, 2.24) is 4.90 Å². The number of hydrogen-bond acceptors (Lipinski definition) is 6. The number of nitrogens with zero attached hydrogens (tertiary/aromatic N) is 2. The van der Waals surface area contributed by atoms with Crippen LogP contribution in [-0.4, -0.2) is 64.3 Å². The topological polar surface area (TPSA) is 118 Å². The van der Waals surface area contributed by atoms with Crippen LogP contribution in [0, 0.1) is 6.92 Å². The molecule has 2 aliphatic rings. The first kappa shape index (κ1) is 23.2. The van der Waals surface area contributed by atoms with E-state index >= 15 is 0 Å². The van der Waals surface area contributed by atoms with Gasteiger partial charge in [0.05, 0.1) is 29.0 Å². The third kappa shape index (κ3) is 4.69. The summed E-state index contributed by atoms with van der Waals surface area (Å²) in [6, 6.07) is 10.8. The van der Waals surface area contributed by atoms with Crippen LogP contribution in [0.2, 0.25) is 5.02 Å². The molecule has 1 amide bonds. The predicted molar refractivity (Wildman–Crippen MR) is 123 cm³/mol. The van der Waals surface area contributed by atoms with Crippen LogP contribution < -0.4 is 10.0 Å². The van der Waals surface area contributed by atoms with E-state index in [0.717, 1.165) is 11.1 Å². The Morgan fingerprint density at radius 2 is 1.75 bits per heavy atom. The van der Waals surface area contributed by atoms with E-state index in [1.807, 2.05) is 17.9 Å². The number of sulfonamides is 1. The number of halogens is 1. The Labute approximate surface area is 192 Å². The van der Waals surface area contributed by atoms with Gasteiger partial charge in [0.25, 0.3) is 0 Å². The number of nitrogens with two attached hydrogens (primary N) is 1. The van der Waals surface area contributed by atoms with Crippen molar-refractivity contribution in [3.63, 3.8) is 0 Å². The van der Waals surface area contributed by atoms with Crippen molar-refractivity contribution < 1.29 is 21.6 Å². The lowest BCUT2D eigenvalue weighted by Gasteiger charge is -2.43. The van der Waals surface area contributed by atoms with Crippen LogP contribution in [-0.2, 0) is 31.1 Å². The molecule has 2 saturated heterocycles. The summed E-state index contributed by atoms with van der Waals surface area (Å²) in [5.74, 6) is -0.271. The molecule has 4 rings (SSSR count). The number of carbonyl (C=O) groups is 1. The summed E-state index contributed by atoms with van der Waals surface area (Å²) in [7, 11) is -7.06. The van der Waals surface area contributed by atoms with E-state index in [2.05, 4.69) is 0 Å². The number of piperazine rings is 1. The Bertz CT molecular complexity index is 1260. The van der Waals surface area contributed by atoms with E-state index in [1.54, 1.807) is 29.2 Å². The molecule has 2 heterocycles. The molecule has 0 aliphatic carbocycles. The summed E-state index contributed by atoms with van der Waals surface area (Å²) < 4.78 is 47.8. The Morgan fingerprint density at radius 1 is 1.09 bits per heavy atom. The van der Waals surface area contributed by atoms with E-state index in [0.29, 0.717) is 23.7 Å². The second kappa shape index (κ2) is 8.42. The van der Waals surface area contributed by atoms with Crippen LogP contribution >= 0.6 is 11.6 Å². The molecule has 2 N–H and O–H groups in total. The molecule has 0 aromatic heterocycles. The zero-order valence-electron chi connectivity index (χ0n) is 17.4. The van der Waals surface area contributed by atoms with Crippen molar-refractivity contribution in [2.24, 2.45) is 5.14 Å². The molecule has 2 aromatic carbocycles. The number of aryl methyl sites for hydroxylation is 1. The van der Waals surface area contributed by atoms with Gasteiger partial charge in [-0.3, -0.25) is 9.69 Å². The minimum Gasteiger partial charge on any atom is -0.306 e. The summed E-state index contributed by atoms with van der Waals surface area (Å²) in [6.07, 6.45) is 0.539. The number of benzene rings is 2. The average Bonchev–Trinajstić information content (AvgIpc) is 3.03. The van der Waals surface area contributed by atoms with Crippen LogP contribution in [0.15, 0.2) is 47.4 Å². The number of rotatable bonds is 5. The Morgan fingerprint density at radius 3 is 2.38 bits per heavy atom. The molecule has 2 unspecified atom stereocenters. The molecule has 0 saturated carbocycles. The summed E-state index contributed by atoms with van der Waals surface area (Å²) >= 11 is 6.25. The lowest BCUT2D eigenvalue weighted by molar-refractivity contribution is -0.123. The minimum absolute atomic E-state index is 0.00854. The fourth-order valence-corrected chi connectivity index (χ4v) is 7.06. The summed E-state index contributed by atoms with van der Waals surface area (Å²) in [5.41, 5.74) is 2.36. The normalized spacial score (nSPS) is 23.3. The van der Waals surface area contributed by atoms with Gasteiger partial charge in [-0.1, -0.05) is 29.8 Å². The summed E-state index contributed by atoms with van der Waals surface area (Å²) in [6.45, 7) is 2.43. The molecular formula is C21H24ClN3O5S2. The molecule has 2 aliphatic heterocycles. The molecule has 11 heteroatoms. The number of primary sulfonamides is 1.